The number of likely N-dealkylation sites (tertiary alicyclic amines) is 1. The monoisotopic (exact) mass is 311 g/mol. The first-order valence-electron chi connectivity index (χ1n) is 7.88. The van der Waals surface area contributed by atoms with E-state index in [9.17, 15) is 4.79 Å². The summed E-state index contributed by atoms with van der Waals surface area (Å²) >= 11 is 0. The Morgan fingerprint density at radius 1 is 1.39 bits per heavy atom. The van der Waals surface area contributed by atoms with Gasteiger partial charge in [-0.2, -0.15) is 0 Å². The van der Waals surface area contributed by atoms with E-state index in [2.05, 4.69) is 14.9 Å². The minimum Gasteiger partial charge on any atom is -0.369 e. The highest BCUT2D eigenvalue weighted by molar-refractivity contribution is 5.76. The third kappa shape index (κ3) is 3.71. The zero-order chi connectivity index (χ0) is 16.2. The molecule has 3 rings (SSSR count). The first-order valence-corrected chi connectivity index (χ1v) is 7.88. The predicted molar refractivity (Wildman–Crippen MR) is 87.6 cm³/mol. The molecule has 23 heavy (non-hydrogen) atoms. The lowest BCUT2D eigenvalue weighted by Gasteiger charge is -2.32. The van der Waals surface area contributed by atoms with Crippen LogP contribution in [0.15, 0.2) is 30.7 Å². The summed E-state index contributed by atoms with van der Waals surface area (Å²) in [6, 6.07) is 3.95. The normalized spacial score (nSPS) is 18.7. The second kappa shape index (κ2) is 6.83. The molecule has 0 spiro atoms. The van der Waals surface area contributed by atoms with E-state index in [0.717, 1.165) is 48.6 Å². The van der Waals surface area contributed by atoms with Gasteiger partial charge in [-0.05, 0) is 44.0 Å². The number of aromatic nitrogens is 3. The van der Waals surface area contributed by atoms with Crippen LogP contribution in [0.25, 0.3) is 11.1 Å². The van der Waals surface area contributed by atoms with Gasteiger partial charge in [-0.1, -0.05) is 0 Å². The Kier molecular flexibility index (Phi) is 4.62. The van der Waals surface area contributed by atoms with Crippen LogP contribution in [0.3, 0.4) is 0 Å². The number of nitrogens with two attached hydrogens (primary N) is 1. The van der Waals surface area contributed by atoms with E-state index in [0.29, 0.717) is 6.54 Å². The van der Waals surface area contributed by atoms with Gasteiger partial charge in [-0.15, -0.1) is 0 Å². The van der Waals surface area contributed by atoms with Crippen molar-refractivity contribution < 1.29 is 4.79 Å². The molecule has 2 aromatic rings. The molecular weight excluding hydrogens is 290 g/mol. The number of hydrogen-bond donors (Lipinski definition) is 1. The van der Waals surface area contributed by atoms with Gasteiger partial charge < -0.3 is 5.73 Å². The molecule has 0 saturated carbocycles. The summed E-state index contributed by atoms with van der Waals surface area (Å²) in [6.07, 6.45) is 7.54. The SMILES string of the molecule is Cc1ncc(-c2ccncc2)c(C2CCCN(CC(N)=O)C2)n1. The Hall–Kier alpha value is -2.34. The molecule has 2 aromatic heterocycles. The number of primary amides is 1. The lowest BCUT2D eigenvalue weighted by Crippen LogP contribution is -2.40. The van der Waals surface area contributed by atoms with Crippen molar-refractivity contribution in [2.24, 2.45) is 5.73 Å². The number of pyridine rings is 1. The van der Waals surface area contributed by atoms with Crippen LogP contribution in [-0.4, -0.2) is 45.4 Å². The van der Waals surface area contributed by atoms with Crippen molar-refractivity contribution in [3.8, 4) is 11.1 Å². The summed E-state index contributed by atoms with van der Waals surface area (Å²) in [4.78, 5) is 26.5. The third-order valence-corrected chi connectivity index (χ3v) is 4.20. The molecule has 2 N–H and O–H groups in total. The Bertz CT molecular complexity index is 689. The molecule has 0 radical (unpaired) electrons. The van der Waals surface area contributed by atoms with E-state index in [-0.39, 0.29) is 11.8 Å². The summed E-state index contributed by atoms with van der Waals surface area (Å²) in [5.41, 5.74) is 8.51. The highest BCUT2D eigenvalue weighted by Gasteiger charge is 2.26. The molecule has 1 aliphatic heterocycles. The van der Waals surface area contributed by atoms with Gasteiger partial charge in [0.15, 0.2) is 0 Å². The van der Waals surface area contributed by atoms with Crippen molar-refractivity contribution in [2.45, 2.75) is 25.7 Å². The molecule has 1 aliphatic rings. The second-order valence-electron chi connectivity index (χ2n) is 5.99. The first-order chi connectivity index (χ1) is 11.1. The summed E-state index contributed by atoms with van der Waals surface area (Å²) < 4.78 is 0. The Morgan fingerprint density at radius 2 is 2.17 bits per heavy atom. The number of amides is 1. The molecule has 6 nitrogen and oxygen atoms in total. The van der Waals surface area contributed by atoms with Gasteiger partial charge in [-0.3, -0.25) is 14.7 Å². The van der Waals surface area contributed by atoms with Gasteiger partial charge in [0.2, 0.25) is 5.91 Å². The van der Waals surface area contributed by atoms with Crippen molar-refractivity contribution in [3.63, 3.8) is 0 Å². The quantitative estimate of drug-likeness (QED) is 0.925. The van der Waals surface area contributed by atoms with E-state index in [1.807, 2.05) is 25.3 Å². The largest absolute Gasteiger partial charge is 0.369 e. The number of aryl methyl sites for hydroxylation is 1. The molecule has 1 unspecified atom stereocenters. The van der Waals surface area contributed by atoms with Crippen LogP contribution >= 0.6 is 0 Å². The lowest BCUT2D eigenvalue weighted by atomic mass is 9.90. The van der Waals surface area contributed by atoms with E-state index in [1.165, 1.54) is 0 Å². The molecule has 1 amide bonds. The topological polar surface area (TPSA) is 85.0 Å². The maximum atomic E-state index is 11.2. The van der Waals surface area contributed by atoms with Crippen LogP contribution in [0.5, 0.6) is 0 Å². The summed E-state index contributed by atoms with van der Waals surface area (Å²) in [5.74, 6) is 0.775. The molecule has 1 fully saturated rings. The summed E-state index contributed by atoms with van der Waals surface area (Å²) in [7, 11) is 0. The maximum Gasteiger partial charge on any atom is 0.231 e. The average molecular weight is 311 g/mol. The second-order valence-corrected chi connectivity index (χ2v) is 5.99. The highest BCUT2D eigenvalue weighted by Crippen LogP contribution is 2.32. The van der Waals surface area contributed by atoms with Gasteiger partial charge in [-0.25, -0.2) is 9.97 Å². The molecule has 120 valence electrons. The summed E-state index contributed by atoms with van der Waals surface area (Å²) in [6.45, 7) is 3.93. The fraction of sp³-hybridized carbons (Fsp3) is 0.412. The number of hydrogen-bond acceptors (Lipinski definition) is 5. The van der Waals surface area contributed by atoms with E-state index in [1.54, 1.807) is 12.4 Å². The van der Waals surface area contributed by atoms with Gasteiger partial charge in [0.1, 0.15) is 5.82 Å². The van der Waals surface area contributed by atoms with E-state index in [4.69, 9.17) is 10.7 Å². The van der Waals surface area contributed by atoms with E-state index >= 15 is 0 Å². The first kappa shape index (κ1) is 15.6. The van der Waals surface area contributed by atoms with Gasteiger partial charge >= 0.3 is 0 Å². The van der Waals surface area contributed by atoms with Crippen molar-refractivity contribution >= 4 is 5.91 Å². The van der Waals surface area contributed by atoms with Crippen molar-refractivity contribution in [3.05, 3.63) is 42.2 Å². The molecule has 3 heterocycles. The standard InChI is InChI=1S/C17H21N5O/c1-12-20-9-15(13-4-6-19-7-5-13)17(21-12)14-3-2-8-22(10-14)11-16(18)23/h4-7,9,14H,2-3,8,10-11H2,1H3,(H2,18,23). The van der Waals surface area contributed by atoms with Crippen LogP contribution in [-0.2, 0) is 4.79 Å². The van der Waals surface area contributed by atoms with E-state index < -0.39 is 0 Å². The van der Waals surface area contributed by atoms with Crippen LogP contribution in [0.1, 0.15) is 30.3 Å². The number of nitrogens with zero attached hydrogens (tertiary/aromatic N) is 4. The van der Waals surface area contributed by atoms with Crippen LogP contribution in [0, 0.1) is 6.92 Å². The lowest BCUT2D eigenvalue weighted by molar-refractivity contribution is -0.119. The molecule has 0 aromatic carbocycles. The number of rotatable bonds is 4. The molecule has 0 aliphatic carbocycles. The number of carbonyl (C=O) groups is 1. The minimum absolute atomic E-state index is 0.279. The molecule has 0 bridgehead atoms. The predicted octanol–water partition coefficient (Wildman–Crippen LogP) is 1.51. The molecule has 1 saturated heterocycles. The van der Waals surface area contributed by atoms with Crippen molar-refractivity contribution in [2.75, 3.05) is 19.6 Å². The Labute approximate surface area is 135 Å². The van der Waals surface area contributed by atoms with Crippen LogP contribution in [0.4, 0.5) is 0 Å². The summed E-state index contributed by atoms with van der Waals surface area (Å²) in [5, 5.41) is 0. The number of carbonyl (C=O) groups excluding carboxylic acids is 1. The van der Waals surface area contributed by atoms with Gasteiger partial charge in [0, 0.05) is 36.6 Å². The zero-order valence-corrected chi connectivity index (χ0v) is 13.3. The highest BCUT2D eigenvalue weighted by atomic mass is 16.1. The Morgan fingerprint density at radius 3 is 2.91 bits per heavy atom. The fourth-order valence-corrected chi connectivity index (χ4v) is 3.20. The van der Waals surface area contributed by atoms with Crippen molar-refractivity contribution in [1.82, 2.24) is 19.9 Å². The molecule has 1 atom stereocenters. The fourth-order valence-electron chi connectivity index (χ4n) is 3.20. The maximum absolute atomic E-state index is 11.2. The number of piperidine rings is 1. The van der Waals surface area contributed by atoms with Crippen LogP contribution < -0.4 is 5.73 Å². The minimum atomic E-state index is -0.279. The Balaban J connectivity index is 1.92. The third-order valence-electron chi connectivity index (χ3n) is 4.20. The van der Waals surface area contributed by atoms with Gasteiger partial charge in [0.25, 0.3) is 0 Å². The average Bonchev–Trinajstić information content (AvgIpc) is 2.55. The van der Waals surface area contributed by atoms with Crippen molar-refractivity contribution in [1.29, 1.82) is 0 Å². The van der Waals surface area contributed by atoms with Gasteiger partial charge in [0.05, 0.1) is 12.2 Å². The smallest absolute Gasteiger partial charge is 0.231 e. The molecular formula is C17H21N5O. The zero-order valence-electron chi connectivity index (χ0n) is 13.3. The van der Waals surface area contributed by atoms with Crippen LogP contribution in [0.2, 0.25) is 0 Å². The molecule has 6 heteroatoms.